The summed E-state index contributed by atoms with van der Waals surface area (Å²) in [6.07, 6.45) is 0. The van der Waals surface area contributed by atoms with Gasteiger partial charge in [-0.25, -0.2) is 0 Å². The van der Waals surface area contributed by atoms with Gasteiger partial charge in [0.15, 0.2) is 0 Å². The SMILES string of the molecule is c1ccc(-c2oc3c4ccccc4c4ccccc4c3c2-c2ccc(-c3ccc(N4c5ccccc5Sc5ccccc54)cc3)cc2)cc1. The molecule has 2 heterocycles. The molecule has 0 saturated heterocycles. The highest BCUT2D eigenvalue weighted by molar-refractivity contribution is 7.99. The second-order valence-electron chi connectivity index (χ2n) is 12.5. The third-order valence-electron chi connectivity index (χ3n) is 9.67. The summed E-state index contributed by atoms with van der Waals surface area (Å²) >= 11 is 1.83. The predicted octanol–water partition coefficient (Wildman–Crippen LogP) is 13.7. The molecule has 8 aromatic carbocycles. The fraction of sp³-hybridized carbons (Fsp3) is 0. The summed E-state index contributed by atoms with van der Waals surface area (Å²) in [7, 11) is 0. The fourth-order valence-corrected chi connectivity index (χ4v) is 8.47. The van der Waals surface area contributed by atoms with Crippen LogP contribution in [0.2, 0.25) is 0 Å². The molecule has 3 heteroatoms. The van der Waals surface area contributed by atoms with E-state index in [2.05, 4.69) is 181 Å². The predicted molar refractivity (Wildman–Crippen MR) is 206 cm³/mol. The van der Waals surface area contributed by atoms with Crippen LogP contribution in [0.15, 0.2) is 190 Å². The molecule has 0 atom stereocenters. The number of para-hydroxylation sites is 2. The minimum Gasteiger partial charge on any atom is -0.455 e. The summed E-state index contributed by atoms with van der Waals surface area (Å²) in [4.78, 5) is 4.91. The Hall–Kier alpha value is -6.03. The van der Waals surface area contributed by atoms with E-state index >= 15 is 0 Å². The quantitative estimate of drug-likeness (QED) is 0.178. The molecule has 2 nitrogen and oxygen atoms in total. The maximum Gasteiger partial charge on any atom is 0.143 e. The van der Waals surface area contributed by atoms with Gasteiger partial charge in [-0.1, -0.05) is 151 Å². The molecule has 0 aliphatic carbocycles. The van der Waals surface area contributed by atoms with Gasteiger partial charge in [0.1, 0.15) is 11.3 Å². The Morgan fingerprint density at radius 2 is 0.878 bits per heavy atom. The van der Waals surface area contributed by atoms with Crippen molar-refractivity contribution in [2.45, 2.75) is 9.79 Å². The van der Waals surface area contributed by atoms with Crippen LogP contribution in [0.3, 0.4) is 0 Å². The van der Waals surface area contributed by atoms with Crippen LogP contribution >= 0.6 is 11.8 Å². The van der Waals surface area contributed by atoms with E-state index in [0.29, 0.717) is 0 Å². The van der Waals surface area contributed by atoms with E-state index in [0.717, 1.165) is 44.5 Å². The van der Waals surface area contributed by atoms with Crippen molar-refractivity contribution < 1.29 is 4.42 Å². The Bertz CT molecular complexity index is 2630. The van der Waals surface area contributed by atoms with E-state index in [1.165, 1.54) is 48.5 Å². The Morgan fingerprint density at radius 3 is 1.53 bits per heavy atom. The van der Waals surface area contributed by atoms with Gasteiger partial charge < -0.3 is 9.32 Å². The van der Waals surface area contributed by atoms with Crippen LogP contribution in [0.1, 0.15) is 0 Å². The zero-order valence-corrected chi connectivity index (χ0v) is 27.3. The summed E-state index contributed by atoms with van der Waals surface area (Å²) in [6.45, 7) is 0. The van der Waals surface area contributed by atoms with E-state index in [-0.39, 0.29) is 0 Å². The molecule has 9 aromatic rings. The molecule has 0 unspecified atom stereocenters. The Morgan fingerprint density at radius 1 is 0.388 bits per heavy atom. The first-order chi connectivity index (χ1) is 24.3. The van der Waals surface area contributed by atoms with Gasteiger partial charge in [0.05, 0.1) is 11.4 Å². The van der Waals surface area contributed by atoms with E-state index in [1.807, 2.05) is 11.8 Å². The van der Waals surface area contributed by atoms with Crippen molar-refractivity contribution in [2.75, 3.05) is 4.90 Å². The number of fused-ring (bicyclic) bond motifs is 8. The highest BCUT2D eigenvalue weighted by Crippen LogP contribution is 2.51. The maximum absolute atomic E-state index is 6.89. The van der Waals surface area contributed by atoms with Crippen molar-refractivity contribution in [3.63, 3.8) is 0 Å². The molecule has 230 valence electrons. The first kappa shape index (κ1) is 28.0. The van der Waals surface area contributed by atoms with Gasteiger partial charge >= 0.3 is 0 Å². The van der Waals surface area contributed by atoms with E-state index in [1.54, 1.807) is 0 Å². The van der Waals surface area contributed by atoms with Crippen LogP contribution in [0.4, 0.5) is 17.1 Å². The lowest BCUT2D eigenvalue weighted by Crippen LogP contribution is -2.14. The number of benzene rings is 8. The standard InChI is InChI=1S/C46H29NOS/c1-2-12-33(13-3-1)45-43(44-37-16-6-4-14-35(37)36-15-5-7-17-38(36)46(44)48-45)32-24-22-30(23-25-32)31-26-28-34(29-27-31)47-39-18-8-10-20-41(39)49-42-21-11-9-19-40(42)47/h1-29H. The van der Waals surface area contributed by atoms with Crippen molar-refractivity contribution >= 4 is 61.3 Å². The number of nitrogens with zero attached hydrogens (tertiary/aromatic N) is 1. The topological polar surface area (TPSA) is 16.4 Å². The van der Waals surface area contributed by atoms with Gasteiger partial charge in [0, 0.05) is 37.4 Å². The lowest BCUT2D eigenvalue weighted by atomic mass is 9.91. The van der Waals surface area contributed by atoms with Crippen molar-refractivity contribution in [1.82, 2.24) is 0 Å². The largest absolute Gasteiger partial charge is 0.455 e. The lowest BCUT2D eigenvalue weighted by Gasteiger charge is -2.32. The molecule has 0 saturated carbocycles. The number of furan rings is 1. The summed E-state index contributed by atoms with van der Waals surface area (Å²) < 4.78 is 6.89. The smallest absolute Gasteiger partial charge is 0.143 e. The molecule has 1 aliphatic heterocycles. The monoisotopic (exact) mass is 643 g/mol. The number of hydrogen-bond acceptors (Lipinski definition) is 3. The third-order valence-corrected chi connectivity index (χ3v) is 10.8. The Labute approximate surface area is 288 Å². The zero-order chi connectivity index (χ0) is 32.3. The molecule has 0 radical (unpaired) electrons. The van der Waals surface area contributed by atoms with Crippen molar-refractivity contribution in [1.29, 1.82) is 0 Å². The first-order valence-electron chi connectivity index (χ1n) is 16.6. The van der Waals surface area contributed by atoms with Crippen LogP contribution < -0.4 is 4.90 Å². The molecule has 10 rings (SSSR count). The molecular weight excluding hydrogens is 615 g/mol. The molecule has 49 heavy (non-hydrogen) atoms. The first-order valence-corrected chi connectivity index (χ1v) is 17.4. The van der Waals surface area contributed by atoms with Crippen LogP contribution in [0.25, 0.3) is 66.1 Å². The van der Waals surface area contributed by atoms with Crippen molar-refractivity contribution in [2.24, 2.45) is 0 Å². The van der Waals surface area contributed by atoms with E-state index in [4.69, 9.17) is 4.42 Å². The number of hydrogen-bond donors (Lipinski definition) is 0. The van der Waals surface area contributed by atoms with Gasteiger partial charge in [0.25, 0.3) is 0 Å². The molecular formula is C46H29NOS. The van der Waals surface area contributed by atoms with Gasteiger partial charge in [-0.05, 0) is 69.2 Å². The average molecular weight is 644 g/mol. The molecule has 0 fully saturated rings. The average Bonchev–Trinajstić information content (AvgIpc) is 3.59. The molecule has 0 spiro atoms. The molecule has 0 amide bonds. The van der Waals surface area contributed by atoms with Gasteiger partial charge in [-0.2, -0.15) is 0 Å². The minimum atomic E-state index is 0.898. The Kier molecular flexibility index (Phi) is 6.46. The van der Waals surface area contributed by atoms with Gasteiger partial charge in [-0.3, -0.25) is 0 Å². The zero-order valence-electron chi connectivity index (χ0n) is 26.5. The van der Waals surface area contributed by atoms with Crippen molar-refractivity contribution in [3.05, 3.63) is 176 Å². The summed E-state index contributed by atoms with van der Waals surface area (Å²) in [6, 6.07) is 63.0. The van der Waals surface area contributed by atoms with Crippen LogP contribution in [-0.4, -0.2) is 0 Å². The highest BCUT2D eigenvalue weighted by Gasteiger charge is 2.25. The lowest BCUT2D eigenvalue weighted by molar-refractivity contribution is 0.636. The summed E-state index contributed by atoms with van der Waals surface area (Å²) in [5.41, 5.74) is 10.2. The summed E-state index contributed by atoms with van der Waals surface area (Å²) in [5, 5.41) is 5.94. The Balaban J connectivity index is 1.09. The highest BCUT2D eigenvalue weighted by atomic mass is 32.2. The number of anilines is 3. The third kappa shape index (κ3) is 4.51. The summed E-state index contributed by atoms with van der Waals surface area (Å²) in [5.74, 6) is 0.898. The fourth-order valence-electron chi connectivity index (χ4n) is 7.41. The normalized spacial score (nSPS) is 12.4. The van der Waals surface area contributed by atoms with Crippen LogP contribution in [0, 0.1) is 0 Å². The molecule has 1 aromatic heterocycles. The van der Waals surface area contributed by atoms with Crippen LogP contribution in [0.5, 0.6) is 0 Å². The minimum absolute atomic E-state index is 0.898. The molecule has 1 aliphatic rings. The molecule has 0 N–H and O–H groups in total. The van der Waals surface area contributed by atoms with Crippen molar-refractivity contribution in [3.8, 4) is 33.6 Å². The van der Waals surface area contributed by atoms with E-state index < -0.39 is 0 Å². The second-order valence-corrected chi connectivity index (χ2v) is 13.5. The molecule has 0 bridgehead atoms. The number of rotatable bonds is 4. The maximum atomic E-state index is 6.89. The van der Waals surface area contributed by atoms with Gasteiger partial charge in [-0.15, -0.1) is 0 Å². The second kappa shape index (κ2) is 11.3. The van der Waals surface area contributed by atoms with E-state index in [9.17, 15) is 0 Å². The van der Waals surface area contributed by atoms with Crippen LogP contribution in [-0.2, 0) is 0 Å². The van der Waals surface area contributed by atoms with Gasteiger partial charge in [0.2, 0.25) is 0 Å².